The number of amides is 1. The molecule has 1 atom stereocenters. The molecule has 1 amide bonds. The fraction of sp³-hybridized carbons (Fsp3) is 0.682. The lowest BCUT2D eigenvalue weighted by Gasteiger charge is -2.28. The second-order valence-electron chi connectivity index (χ2n) is 8.70. The molecule has 0 aliphatic carbocycles. The Morgan fingerprint density at radius 2 is 2.23 bits per heavy atom. The van der Waals surface area contributed by atoms with Gasteiger partial charge >= 0.3 is 6.09 Å². The minimum atomic E-state index is -0.531. The summed E-state index contributed by atoms with van der Waals surface area (Å²) in [4.78, 5) is 25.1. The lowest BCUT2D eigenvalue weighted by Crippen LogP contribution is -2.43. The van der Waals surface area contributed by atoms with E-state index in [0.29, 0.717) is 25.6 Å². The molecule has 0 bridgehead atoms. The molecular weight excluding hydrogens is 382 g/mol. The number of nitrogens with one attached hydrogen (secondary N) is 1. The van der Waals surface area contributed by atoms with Gasteiger partial charge < -0.3 is 24.6 Å². The minimum absolute atomic E-state index is 0.311. The van der Waals surface area contributed by atoms with Gasteiger partial charge in [0.2, 0.25) is 0 Å². The maximum absolute atomic E-state index is 12.7. The van der Waals surface area contributed by atoms with Crippen LogP contribution in [0.25, 0.3) is 0 Å². The number of rotatable bonds is 8. The van der Waals surface area contributed by atoms with Gasteiger partial charge in [0.05, 0.1) is 13.2 Å². The molecule has 0 radical (unpaired) electrons. The topological polar surface area (TPSA) is 79.3 Å². The highest BCUT2D eigenvalue weighted by Gasteiger charge is 2.22. The monoisotopic (exact) mass is 419 g/mol. The molecule has 1 saturated heterocycles. The van der Waals surface area contributed by atoms with Gasteiger partial charge in [-0.3, -0.25) is 9.98 Å². The van der Waals surface area contributed by atoms with E-state index in [2.05, 4.69) is 20.2 Å². The second-order valence-corrected chi connectivity index (χ2v) is 8.70. The molecule has 0 aromatic carbocycles. The quantitative estimate of drug-likeness (QED) is 0.397. The van der Waals surface area contributed by atoms with Crippen LogP contribution in [0.3, 0.4) is 0 Å². The van der Waals surface area contributed by atoms with Crippen LogP contribution in [0.5, 0.6) is 0 Å². The SMILES string of the molecule is CN=C(NCCCN(Cc1cccnc1)C(=O)OC(C)(C)C)N(C)CC1CCOC1. The molecule has 8 nitrogen and oxygen atoms in total. The third-order valence-electron chi connectivity index (χ3n) is 4.77. The molecule has 168 valence electrons. The van der Waals surface area contributed by atoms with Crippen molar-refractivity contribution in [3.05, 3.63) is 30.1 Å². The number of hydrogen-bond donors (Lipinski definition) is 1. The normalized spacial score (nSPS) is 17.0. The number of carbonyl (C=O) groups excluding carboxylic acids is 1. The van der Waals surface area contributed by atoms with Crippen molar-refractivity contribution in [2.75, 3.05) is 46.9 Å². The lowest BCUT2D eigenvalue weighted by molar-refractivity contribution is 0.0232. The van der Waals surface area contributed by atoms with Crippen molar-refractivity contribution < 1.29 is 14.3 Å². The largest absolute Gasteiger partial charge is 0.444 e. The third-order valence-corrected chi connectivity index (χ3v) is 4.77. The van der Waals surface area contributed by atoms with Crippen LogP contribution in [0.2, 0.25) is 0 Å². The number of nitrogens with zero attached hydrogens (tertiary/aromatic N) is 4. The van der Waals surface area contributed by atoms with Gasteiger partial charge in [-0.15, -0.1) is 0 Å². The van der Waals surface area contributed by atoms with Crippen LogP contribution in [0.4, 0.5) is 4.79 Å². The highest BCUT2D eigenvalue weighted by Crippen LogP contribution is 2.14. The van der Waals surface area contributed by atoms with E-state index in [0.717, 1.165) is 44.1 Å². The van der Waals surface area contributed by atoms with E-state index in [1.807, 2.05) is 40.0 Å². The highest BCUT2D eigenvalue weighted by molar-refractivity contribution is 5.79. The van der Waals surface area contributed by atoms with Crippen molar-refractivity contribution in [2.24, 2.45) is 10.9 Å². The third kappa shape index (κ3) is 8.57. The average molecular weight is 420 g/mol. The Morgan fingerprint density at radius 1 is 1.43 bits per heavy atom. The first-order valence-electron chi connectivity index (χ1n) is 10.6. The van der Waals surface area contributed by atoms with Crippen LogP contribution in [0.15, 0.2) is 29.5 Å². The molecule has 0 spiro atoms. The molecule has 30 heavy (non-hydrogen) atoms. The number of aliphatic imine (C=N–C) groups is 1. The summed E-state index contributed by atoms with van der Waals surface area (Å²) in [5.74, 6) is 1.41. The Labute approximate surface area is 180 Å². The zero-order valence-electron chi connectivity index (χ0n) is 19.1. The first kappa shape index (κ1) is 23.9. The van der Waals surface area contributed by atoms with Crippen molar-refractivity contribution in [2.45, 2.75) is 45.8 Å². The van der Waals surface area contributed by atoms with Gasteiger partial charge in [0, 0.05) is 58.6 Å². The molecule has 2 rings (SSSR count). The maximum Gasteiger partial charge on any atom is 0.410 e. The minimum Gasteiger partial charge on any atom is -0.444 e. The number of aromatic nitrogens is 1. The summed E-state index contributed by atoms with van der Waals surface area (Å²) in [6.07, 6.45) is 5.07. The van der Waals surface area contributed by atoms with Crippen molar-refractivity contribution in [1.82, 2.24) is 20.1 Å². The van der Waals surface area contributed by atoms with Crippen molar-refractivity contribution >= 4 is 12.1 Å². The molecule has 1 unspecified atom stereocenters. The first-order valence-corrected chi connectivity index (χ1v) is 10.6. The molecule has 1 aliphatic heterocycles. The number of hydrogen-bond acceptors (Lipinski definition) is 5. The van der Waals surface area contributed by atoms with E-state index < -0.39 is 5.60 Å². The van der Waals surface area contributed by atoms with Gasteiger partial charge in [0.15, 0.2) is 5.96 Å². The Kier molecular flexibility index (Phi) is 9.36. The number of ether oxygens (including phenoxy) is 2. The summed E-state index contributed by atoms with van der Waals surface area (Å²) >= 11 is 0. The lowest BCUT2D eigenvalue weighted by atomic mass is 10.1. The van der Waals surface area contributed by atoms with Crippen molar-refractivity contribution in [3.63, 3.8) is 0 Å². The second kappa shape index (κ2) is 11.7. The predicted octanol–water partition coefficient (Wildman–Crippen LogP) is 2.75. The fourth-order valence-corrected chi connectivity index (χ4v) is 3.33. The number of pyridine rings is 1. The molecule has 1 fully saturated rings. The van der Waals surface area contributed by atoms with Gasteiger partial charge in [0.1, 0.15) is 5.60 Å². The fourth-order valence-electron chi connectivity index (χ4n) is 3.33. The molecule has 1 aromatic heterocycles. The molecule has 8 heteroatoms. The Hall–Kier alpha value is -2.35. The first-order chi connectivity index (χ1) is 14.3. The van der Waals surface area contributed by atoms with Crippen molar-refractivity contribution in [3.8, 4) is 0 Å². The zero-order valence-corrected chi connectivity index (χ0v) is 19.1. The van der Waals surface area contributed by atoms with Crippen molar-refractivity contribution in [1.29, 1.82) is 0 Å². The Morgan fingerprint density at radius 3 is 2.83 bits per heavy atom. The molecule has 2 heterocycles. The predicted molar refractivity (Wildman–Crippen MR) is 118 cm³/mol. The van der Waals surface area contributed by atoms with Gasteiger partial charge in [0.25, 0.3) is 0 Å². The van der Waals surface area contributed by atoms with E-state index in [1.54, 1.807) is 24.3 Å². The van der Waals surface area contributed by atoms with Crippen LogP contribution in [0.1, 0.15) is 39.2 Å². The van der Waals surface area contributed by atoms with Crippen LogP contribution < -0.4 is 5.32 Å². The summed E-state index contributed by atoms with van der Waals surface area (Å²) in [5, 5.41) is 3.39. The van der Waals surface area contributed by atoms with Gasteiger partial charge in [-0.1, -0.05) is 6.07 Å². The Balaban J connectivity index is 1.85. The van der Waals surface area contributed by atoms with E-state index in [9.17, 15) is 4.79 Å². The summed E-state index contributed by atoms with van der Waals surface area (Å²) in [6.45, 7) is 9.99. The van der Waals surface area contributed by atoms with Crippen LogP contribution in [0, 0.1) is 5.92 Å². The molecular formula is C22H37N5O3. The van der Waals surface area contributed by atoms with Crippen LogP contribution in [-0.4, -0.2) is 79.4 Å². The summed E-state index contributed by atoms with van der Waals surface area (Å²) in [6, 6.07) is 3.84. The maximum atomic E-state index is 12.7. The molecule has 1 N–H and O–H groups in total. The number of carbonyl (C=O) groups is 1. The van der Waals surface area contributed by atoms with Gasteiger partial charge in [-0.25, -0.2) is 4.79 Å². The van der Waals surface area contributed by atoms with Crippen LogP contribution in [-0.2, 0) is 16.0 Å². The van der Waals surface area contributed by atoms with E-state index in [1.165, 1.54) is 0 Å². The highest BCUT2D eigenvalue weighted by atomic mass is 16.6. The molecule has 0 saturated carbocycles. The van der Waals surface area contributed by atoms with Gasteiger partial charge in [-0.05, 0) is 45.2 Å². The summed E-state index contributed by atoms with van der Waals surface area (Å²) in [5.41, 5.74) is 0.447. The standard InChI is InChI=1S/C22H37N5O3/c1-22(2,3)30-21(28)27(16-18-8-6-10-24-14-18)12-7-11-25-20(23-4)26(5)15-19-9-13-29-17-19/h6,8,10,14,19H,7,9,11-13,15-17H2,1-5H3,(H,23,25). The zero-order chi connectivity index (χ0) is 22.0. The van der Waals surface area contributed by atoms with E-state index in [-0.39, 0.29) is 6.09 Å². The Bertz CT molecular complexity index is 669. The summed E-state index contributed by atoms with van der Waals surface area (Å²) < 4.78 is 11.0. The van der Waals surface area contributed by atoms with Gasteiger partial charge in [-0.2, -0.15) is 0 Å². The van der Waals surface area contributed by atoms with E-state index in [4.69, 9.17) is 9.47 Å². The number of guanidine groups is 1. The molecule has 1 aromatic rings. The van der Waals surface area contributed by atoms with E-state index >= 15 is 0 Å². The average Bonchev–Trinajstić information content (AvgIpc) is 3.19. The summed E-state index contributed by atoms with van der Waals surface area (Å²) in [7, 11) is 3.84. The molecule has 1 aliphatic rings. The van der Waals surface area contributed by atoms with Crippen LogP contribution >= 0.6 is 0 Å². The smallest absolute Gasteiger partial charge is 0.410 e.